The Labute approximate surface area is 135 Å². The number of benzene rings is 2. The summed E-state index contributed by atoms with van der Waals surface area (Å²) >= 11 is 12.5. The van der Waals surface area contributed by atoms with E-state index in [0.717, 1.165) is 11.1 Å². The van der Waals surface area contributed by atoms with Gasteiger partial charge in [-0.2, -0.15) is 0 Å². The van der Waals surface area contributed by atoms with Gasteiger partial charge in [0.2, 0.25) is 12.7 Å². The lowest BCUT2D eigenvalue weighted by Gasteiger charge is -2.01. The van der Waals surface area contributed by atoms with Gasteiger partial charge in [0.15, 0.2) is 17.1 Å². The van der Waals surface area contributed by atoms with E-state index in [4.69, 9.17) is 37.1 Å². The maximum Gasteiger partial charge on any atom is 0.238 e. The van der Waals surface area contributed by atoms with Crippen LogP contribution in [0.1, 0.15) is 11.5 Å². The maximum absolute atomic E-state index is 6.31. The molecule has 1 aliphatic rings. The summed E-state index contributed by atoms with van der Waals surface area (Å²) in [6, 6.07) is 11.0. The van der Waals surface area contributed by atoms with Gasteiger partial charge in [0.05, 0.1) is 5.02 Å². The molecule has 4 rings (SSSR count). The average Bonchev–Trinajstić information content (AvgIpc) is 3.13. The van der Waals surface area contributed by atoms with Crippen molar-refractivity contribution in [1.82, 2.24) is 4.98 Å². The largest absolute Gasteiger partial charge is 0.454 e. The van der Waals surface area contributed by atoms with Gasteiger partial charge < -0.3 is 13.9 Å². The van der Waals surface area contributed by atoms with Gasteiger partial charge in [0.1, 0.15) is 10.5 Å². The number of ether oxygens (including phenoxy) is 2. The third-order valence-corrected chi connectivity index (χ3v) is 3.79. The van der Waals surface area contributed by atoms with E-state index in [2.05, 4.69) is 4.98 Å². The van der Waals surface area contributed by atoms with Gasteiger partial charge in [-0.15, -0.1) is 0 Å². The fourth-order valence-electron chi connectivity index (χ4n) is 2.25. The van der Waals surface area contributed by atoms with Crippen LogP contribution in [0.5, 0.6) is 11.5 Å². The molecule has 0 radical (unpaired) electrons. The summed E-state index contributed by atoms with van der Waals surface area (Å²) < 4.78 is 16.2. The molecule has 1 aromatic heterocycles. The van der Waals surface area contributed by atoms with Crippen molar-refractivity contribution >= 4 is 45.4 Å². The van der Waals surface area contributed by atoms with Crippen molar-refractivity contribution in [3.05, 3.63) is 52.9 Å². The number of rotatable bonds is 2. The Morgan fingerprint density at radius 2 is 2.05 bits per heavy atom. The van der Waals surface area contributed by atoms with E-state index >= 15 is 0 Å². The lowest BCUT2D eigenvalue weighted by Crippen LogP contribution is -1.93. The molecule has 22 heavy (non-hydrogen) atoms. The van der Waals surface area contributed by atoms with Crippen molar-refractivity contribution in [3.63, 3.8) is 0 Å². The molecule has 0 unspecified atom stereocenters. The molecule has 0 spiro atoms. The van der Waals surface area contributed by atoms with E-state index in [0.29, 0.717) is 33.0 Å². The molecule has 2 heterocycles. The van der Waals surface area contributed by atoms with Gasteiger partial charge in [0.25, 0.3) is 0 Å². The normalized spacial score (nSPS) is 13.8. The van der Waals surface area contributed by atoms with Gasteiger partial charge in [-0.25, -0.2) is 4.98 Å². The Bertz CT molecular complexity index is 869. The lowest BCUT2D eigenvalue weighted by molar-refractivity contribution is 0.174. The second kappa shape index (κ2) is 5.23. The number of oxazole rings is 1. The van der Waals surface area contributed by atoms with Crippen LogP contribution in [0.25, 0.3) is 22.2 Å². The second-order valence-corrected chi connectivity index (χ2v) is 5.53. The summed E-state index contributed by atoms with van der Waals surface area (Å²) in [6.07, 6.45) is 1.72. The number of para-hydroxylation sites is 2. The van der Waals surface area contributed by atoms with Crippen LogP contribution in [-0.4, -0.2) is 11.8 Å². The van der Waals surface area contributed by atoms with Crippen LogP contribution in [0.2, 0.25) is 5.02 Å². The summed E-state index contributed by atoms with van der Waals surface area (Å²) in [4.78, 5) is 4.35. The van der Waals surface area contributed by atoms with E-state index in [1.54, 1.807) is 18.2 Å². The van der Waals surface area contributed by atoms with E-state index in [1.807, 2.05) is 24.3 Å². The highest BCUT2D eigenvalue weighted by Gasteiger charge is 2.18. The third-order valence-electron chi connectivity index (χ3n) is 3.24. The summed E-state index contributed by atoms with van der Waals surface area (Å²) in [5.74, 6) is 1.51. The minimum absolute atomic E-state index is 0.168. The molecule has 0 atom stereocenters. The Morgan fingerprint density at radius 3 is 2.91 bits per heavy atom. The first-order valence-corrected chi connectivity index (χ1v) is 7.28. The molecule has 4 nitrogen and oxygen atoms in total. The molecular formula is C16H9Cl2NO3. The summed E-state index contributed by atoms with van der Waals surface area (Å²) in [6.45, 7) is 0.168. The van der Waals surface area contributed by atoms with Crippen LogP contribution in [0.3, 0.4) is 0 Å². The van der Waals surface area contributed by atoms with Gasteiger partial charge in [-0.1, -0.05) is 35.3 Å². The van der Waals surface area contributed by atoms with E-state index in [-0.39, 0.29) is 6.79 Å². The number of nitrogens with zero attached hydrogens (tertiary/aromatic N) is 1. The monoisotopic (exact) mass is 333 g/mol. The fourth-order valence-corrected chi connectivity index (χ4v) is 2.73. The van der Waals surface area contributed by atoms with Crippen LogP contribution in [0.15, 0.2) is 40.8 Å². The van der Waals surface area contributed by atoms with Crippen LogP contribution in [-0.2, 0) is 0 Å². The minimum atomic E-state index is 0.168. The molecule has 0 N–H and O–H groups in total. The molecule has 0 bridgehead atoms. The Kier molecular flexibility index (Phi) is 3.21. The molecule has 3 aromatic rings. The van der Waals surface area contributed by atoms with Gasteiger partial charge >= 0.3 is 0 Å². The average molecular weight is 334 g/mol. The number of hydrogen-bond acceptors (Lipinski definition) is 4. The number of hydrogen-bond donors (Lipinski definition) is 0. The number of halogens is 2. The van der Waals surface area contributed by atoms with Crippen molar-refractivity contribution < 1.29 is 13.9 Å². The standard InChI is InChI=1S/C16H9Cl2NO3/c17-10-5-9(7-14-15(10)21-8-20-14)6-11(18)16-19-12-3-1-2-4-13(12)22-16/h1-7H,8H2/b11-6-. The van der Waals surface area contributed by atoms with Crippen molar-refractivity contribution in [1.29, 1.82) is 0 Å². The Morgan fingerprint density at radius 1 is 1.18 bits per heavy atom. The highest BCUT2D eigenvalue weighted by molar-refractivity contribution is 6.50. The second-order valence-electron chi connectivity index (χ2n) is 4.72. The zero-order valence-electron chi connectivity index (χ0n) is 11.2. The molecular weight excluding hydrogens is 325 g/mol. The topological polar surface area (TPSA) is 44.5 Å². The predicted molar refractivity (Wildman–Crippen MR) is 85.3 cm³/mol. The SMILES string of the molecule is Cl/C(=C\c1cc(Cl)c2c(c1)OCO2)c1nc2ccccc2o1. The van der Waals surface area contributed by atoms with Gasteiger partial charge in [0, 0.05) is 0 Å². The molecule has 0 aliphatic carbocycles. The molecule has 6 heteroatoms. The first-order valence-electron chi connectivity index (χ1n) is 6.53. The van der Waals surface area contributed by atoms with E-state index in [1.165, 1.54) is 0 Å². The summed E-state index contributed by atoms with van der Waals surface area (Å²) in [5, 5.41) is 0.856. The van der Waals surface area contributed by atoms with Gasteiger partial charge in [-0.05, 0) is 35.9 Å². The molecule has 2 aromatic carbocycles. The molecule has 110 valence electrons. The number of fused-ring (bicyclic) bond motifs is 2. The first kappa shape index (κ1) is 13.5. The fraction of sp³-hybridized carbons (Fsp3) is 0.0625. The van der Waals surface area contributed by atoms with E-state index < -0.39 is 0 Å². The van der Waals surface area contributed by atoms with Crippen molar-refractivity contribution in [2.24, 2.45) is 0 Å². The number of aromatic nitrogens is 1. The quantitative estimate of drug-likeness (QED) is 0.665. The van der Waals surface area contributed by atoms with Crippen molar-refractivity contribution in [2.45, 2.75) is 0 Å². The molecule has 0 amide bonds. The van der Waals surface area contributed by atoms with Gasteiger partial charge in [-0.3, -0.25) is 0 Å². The third kappa shape index (κ3) is 2.30. The molecule has 0 saturated heterocycles. The smallest absolute Gasteiger partial charge is 0.238 e. The Hall–Kier alpha value is -2.17. The molecule has 0 saturated carbocycles. The zero-order chi connectivity index (χ0) is 15.1. The predicted octanol–water partition coefficient (Wildman–Crippen LogP) is 4.95. The van der Waals surface area contributed by atoms with Crippen LogP contribution < -0.4 is 9.47 Å². The maximum atomic E-state index is 6.31. The zero-order valence-corrected chi connectivity index (χ0v) is 12.7. The van der Waals surface area contributed by atoms with Crippen molar-refractivity contribution in [3.8, 4) is 11.5 Å². The van der Waals surface area contributed by atoms with Crippen LogP contribution >= 0.6 is 23.2 Å². The first-order chi connectivity index (χ1) is 10.7. The molecule has 0 fully saturated rings. The highest BCUT2D eigenvalue weighted by Crippen LogP contribution is 2.40. The molecule has 1 aliphatic heterocycles. The van der Waals surface area contributed by atoms with Crippen LogP contribution in [0.4, 0.5) is 0 Å². The Balaban J connectivity index is 1.74. The van der Waals surface area contributed by atoms with Crippen molar-refractivity contribution in [2.75, 3.05) is 6.79 Å². The summed E-state index contributed by atoms with van der Waals surface area (Å²) in [5.41, 5.74) is 2.22. The van der Waals surface area contributed by atoms with E-state index in [9.17, 15) is 0 Å². The highest BCUT2D eigenvalue weighted by atomic mass is 35.5. The summed E-state index contributed by atoms with van der Waals surface area (Å²) in [7, 11) is 0. The lowest BCUT2D eigenvalue weighted by atomic mass is 10.2. The van der Waals surface area contributed by atoms with Crippen LogP contribution in [0, 0.1) is 0 Å². The minimum Gasteiger partial charge on any atom is -0.454 e.